The molecule has 156 valence electrons. The summed E-state index contributed by atoms with van der Waals surface area (Å²) >= 11 is 0. The number of nitrogens with zero attached hydrogens (tertiary/aromatic N) is 1. The molecule has 7 rings (SSSR count). The molecule has 1 unspecified atom stereocenters. The molecular weight excluding hydrogens is 358 g/mol. The molecule has 4 saturated carbocycles. The number of carbonyl (C=O) groups excluding carboxylic acids is 1. The van der Waals surface area contributed by atoms with Gasteiger partial charge in [-0.3, -0.25) is 9.69 Å². The van der Waals surface area contributed by atoms with Crippen molar-refractivity contribution in [1.29, 1.82) is 0 Å². The van der Waals surface area contributed by atoms with Crippen LogP contribution in [0.25, 0.3) is 0 Å². The zero-order valence-electron chi connectivity index (χ0n) is 17.1. The highest BCUT2D eigenvalue weighted by molar-refractivity contribution is 5.77. The minimum Gasteiger partial charge on any atom is -0.462 e. The molecule has 0 aromatic heterocycles. The molecule has 0 aromatic rings. The van der Waals surface area contributed by atoms with Gasteiger partial charge in [0, 0.05) is 36.9 Å². The highest BCUT2D eigenvalue weighted by Gasteiger charge is 2.84. The summed E-state index contributed by atoms with van der Waals surface area (Å²) in [5, 5.41) is 23.9. The van der Waals surface area contributed by atoms with E-state index in [2.05, 4.69) is 18.7 Å². The predicted octanol–water partition coefficient (Wildman–Crippen LogP) is 1.19. The Bertz CT molecular complexity index is 730. The fourth-order valence-corrected chi connectivity index (χ4v) is 9.64. The number of hydrogen-bond donors (Lipinski definition) is 2. The van der Waals surface area contributed by atoms with E-state index < -0.39 is 17.6 Å². The van der Waals surface area contributed by atoms with Gasteiger partial charge in [0.05, 0.1) is 23.7 Å². The molecule has 9 bridgehead atoms. The normalized spacial score (nSPS) is 61.8. The molecule has 3 heterocycles. The van der Waals surface area contributed by atoms with Gasteiger partial charge in [-0.2, -0.15) is 0 Å². The third kappa shape index (κ3) is 1.68. The average Bonchev–Trinajstić information content (AvgIpc) is 2.73. The van der Waals surface area contributed by atoms with Gasteiger partial charge in [0.25, 0.3) is 0 Å². The number of rotatable bonds is 2. The average molecular weight is 392 g/mol. The maximum atomic E-state index is 13.1. The number of aliphatic hydroxyl groups is 2. The van der Waals surface area contributed by atoms with Crippen molar-refractivity contribution in [2.45, 2.75) is 75.9 Å². The Hall–Kier alpha value is -0.690. The van der Waals surface area contributed by atoms with E-state index in [1.807, 2.05) is 0 Å². The summed E-state index contributed by atoms with van der Waals surface area (Å²) in [4.78, 5) is 15.6. The van der Waals surface area contributed by atoms with Crippen LogP contribution in [0.15, 0.2) is 0 Å². The molecule has 0 aromatic carbocycles. The van der Waals surface area contributed by atoms with Crippen LogP contribution < -0.4 is 0 Å². The number of methoxy groups -OCH3 is 1. The first-order chi connectivity index (χ1) is 13.3. The van der Waals surface area contributed by atoms with Crippen LogP contribution in [-0.2, 0) is 14.3 Å². The Morgan fingerprint density at radius 2 is 2.11 bits per heavy atom. The van der Waals surface area contributed by atoms with Crippen molar-refractivity contribution in [3.63, 3.8) is 0 Å². The van der Waals surface area contributed by atoms with Crippen molar-refractivity contribution in [3.05, 3.63) is 0 Å². The molecule has 0 radical (unpaired) electrons. The molecular formula is C22H33NO5. The number of fused-ring (bicyclic) bond motifs is 2. The number of piperidine rings is 1. The summed E-state index contributed by atoms with van der Waals surface area (Å²) in [6.45, 7) is 6.38. The first kappa shape index (κ1) is 18.1. The molecule has 2 N–H and O–H groups in total. The lowest BCUT2D eigenvalue weighted by Gasteiger charge is -2.69. The van der Waals surface area contributed by atoms with Gasteiger partial charge in [0.2, 0.25) is 0 Å². The van der Waals surface area contributed by atoms with Crippen molar-refractivity contribution in [3.8, 4) is 0 Å². The second kappa shape index (κ2) is 5.32. The largest absolute Gasteiger partial charge is 0.462 e. The van der Waals surface area contributed by atoms with Gasteiger partial charge >= 0.3 is 5.97 Å². The SMILES string of the molecule is CCN1C[C@]2(C)CC[C@H](OC)[C@]34C1[C@H]([C@@H](O)[C@H]23)[C@@]1(O)CC[C@H]2C[C@@H]4[C@@H]1C(=O)O2. The van der Waals surface area contributed by atoms with Gasteiger partial charge in [-0.25, -0.2) is 0 Å². The van der Waals surface area contributed by atoms with Gasteiger partial charge in [0.1, 0.15) is 6.10 Å². The summed E-state index contributed by atoms with van der Waals surface area (Å²) in [6.07, 6.45) is 3.38. The Balaban J connectivity index is 1.66. The number of ether oxygens (including phenoxy) is 2. The maximum absolute atomic E-state index is 13.1. The standard InChI is InChI=1S/C22H33NO5/c1-4-23-10-20(2)7-6-13(27-3)22-12-9-11-5-8-21(26,14(12)19(25)28-11)15(18(22)23)16(24)17(20)22/h11-18,24,26H,4-10H2,1-3H3/t11-,12+,13-,14+,15-,16+,17+,18?,20-,21+,22-/m0/s1. The number of carbonyl (C=O) groups is 1. The molecule has 3 saturated heterocycles. The van der Waals surface area contributed by atoms with Gasteiger partial charge in [-0.05, 0) is 50.0 Å². The lowest BCUT2D eigenvalue weighted by molar-refractivity contribution is -0.269. The fourth-order valence-electron chi connectivity index (χ4n) is 9.64. The summed E-state index contributed by atoms with van der Waals surface area (Å²) in [5.74, 6) is -0.969. The Labute approximate surface area is 166 Å². The van der Waals surface area contributed by atoms with Crippen molar-refractivity contribution < 1.29 is 24.5 Å². The third-order valence-electron chi connectivity index (χ3n) is 10.1. The lowest BCUT2D eigenvalue weighted by Crippen LogP contribution is -2.76. The predicted molar refractivity (Wildman–Crippen MR) is 100 cm³/mol. The van der Waals surface area contributed by atoms with Crippen LogP contribution >= 0.6 is 0 Å². The molecule has 6 heteroatoms. The maximum Gasteiger partial charge on any atom is 0.312 e. The first-order valence-electron chi connectivity index (χ1n) is 11.2. The second-order valence-corrected chi connectivity index (χ2v) is 10.8. The van der Waals surface area contributed by atoms with Crippen LogP contribution in [0.5, 0.6) is 0 Å². The fraction of sp³-hybridized carbons (Fsp3) is 0.955. The summed E-state index contributed by atoms with van der Waals surface area (Å²) in [7, 11) is 1.79. The van der Waals surface area contributed by atoms with Crippen LogP contribution in [0.3, 0.4) is 0 Å². The molecule has 3 aliphatic heterocycles. The van der Waals surface area contributed by atoms with E-state index in [4.69, 9.17) is 9.47 Å². The van der Waals surface area contributed by atoms with E-state index in [-0.39, 0.29) is 52.8 Å². The van der Waals surface area contributed by atoms with E-state index in [1.165, 1.54) is 0 Å². The van der Waals surface area contributed by atoms with Crippen molar-refractivity contribution in [2.24, 2.45) is 34.5 Å². The monoisotopic (exact) mass is 391 g/mol. The Kier molecular flexibility index (Phi) is 3.44. The Morgan fingerprint density at radius 3 is 2.82 bits per heavy atom. The second-order valence-electron chi connectivity index (χ2n) is 10.8. The van der Waals surface area contributed by atoms with Crippen LogP contribution in [0.2, 0.25) is 0 Å². The van der Waals surface area contributed by atoms with Crippen LogP contribution in [-0.4, -0.2) is 71.2 Å². The molecule has 0 amide bonds. The molecule has 4 aliphatic carbocycles. The molecule has 11 atom stereocenters. The number of likely N-dealkylation sites (tertiary alicyclic amines) is 1. The van der Waals surface area contributed by atoms with Crippen molar-refractivity contribution in [2.75, 3.05) is 20.2 Å². The van der Waals surface area contributed by atoms with Gasteiger partial charge in [-0.1, -0.05) is 13.8 Å². The third-order valence-corrected chi connectivity index (χ3v) is 10.1. The van der Waals surface area contributed by atoms with Crippen LogP contribution in [0.4, 0.5) is 0 Å². The highest BCUT2D eigenvalue weighted by atomic mass is 16.5. The summed E-state index contributed by atoms with van der Waals surface area (Å²) in [6, 6.07) is 0.0757. The van der Waals surface area contributed by atoms with E-state index in [1.54, 1.807) is 7.11 Å². The topological polar surface area (TPSA) is 79.2 Å². The minimum atomic E-state index is -1.17. The van der Waals surface area contributed by atoms with Crippen molar-refractivity contribution in [1.82, 2.24) is 4.90 Å². The summed E-state index contributed by atoms with van der Waals surface area (Å²) < 4.78 is 11.9. The van der Waals surface area contributed by atoms with E-state index >= 15 is 0 Å². The van der Waals surface area contributed by atoms with E-state index in [0.717, 1.165) is 32.4 Å². The first-order valence-corrected chi connectivity index (χ1v) is 11.2. The number of aliphatic hydroxyl groups excluding tert-OH is 1. The molecule has 1 spiro atoms. The molecule has 28 heavy (non-hydrogen) atoms. The molecule has 7 fully saturated rings. The van der Waals surface area contributed by atoms with Gasteiger partial charge < -0.3 is 19.7 Å². The molecule has 6 nitrogen and oxygen atoms in total. The highest BCUT2D eigenvalue weighted by Crippen LogP contribution is 2.77. The van der Waals surface area contributed by atoms with E-state index in [9.17, 15) is 15.0 Å². The minimum absolute atomic E-state index is 0.0123. The van der Waals surface area contributed by atoms with Crippen LogP contribution in [0, 0.1) is 34.5 Å². The smallest absolute Gasteiger partial charge is 0.312 e. The lowest BCUT2D eigenvalue weighted by atomic mass is 9.42. The summed E-state index contributed by atoms with van der Waals surface area (Å²) in [5.41, 5.74) is -1.46. The van der Waals surface area contributed by atoms with Gasteiger partial charge in [-0.15, -0.1) is 0 Å². The number of hydrogen-bond acceptors (Lipinski definition) is 6. The Morgan fingerprint density at radius 1 is 1.32 bits per heavy atom. The quantitative estimate of drug-likeness (QED) is 0.689. The zero-order valence-corrected chi connectivity index (χ0v) is 17.1. The van der Waals surface area contributed by atoms with Crippen molar-refractivity contribution >= 4 is 5.97 Å². The zero-order chi connectivity index (χ0) is 19.6. The molecule has 7 aliphatic rings. The van der Waals surface area contributed by atoms with Gasteiger partial charge in [0.15, 0.2) is 0 Å². The van der Waals surface area contributed by atoms with Crippen LogP contribution in [0.1, 0.15) is 46.0 Å². The van der Waals surface area contributed by atoms with E-state index in [0.29, 0.717) is 12.8 Å². The number of esters is 1.